The zero-order chi connectivity index (χ0) is 16.2. The summed E-state index contributed by atoms with van der Waals surface area (Å²) in [5.41, 5.74) is 0.0176. The molecule has 0 radical (unpaired) electrons. The van der Waals surface area contributed by atoms with Gasteiger partial charge >= 0.3 is 0 Å². The van der Waals surface area contributed by atoms with Crippen LogP contribution < -0.4 is 0 Å². The summed E-state index contributed by atoms with van der Waals surface area (Å²) in [7, 11) is 0. The Balaban J connectivity index is 1.47. The maximum Gasteiger partial charge on any atom is 0.139 e. The molecule has 4 bridgehead atoms. The molecule has 0 N–H and O–H groups in total. The minimum atomic E-state index is 0.0176. The van der Waals surface area contributed by atoms with Crippen molar-refractivity contribution in [1.82, 2.24) is 0 Å². The van der Waals surface area contributed by atoms with E-state index in [-0.39, 0.29) is 5.41 Å². The number of carbonyl (C=O) groups excluding carboxylic acids is 1. The molecule has 0 aromatic rings. The van der Waals surface area contributed by atoms with Crippen LogP contribution in [-0.4, -0.2) is 5.78 Å². The Morgan fingerprint density at radius 1 is 1.17 bits per heavy atom. The molecule has 0 aliphatic heterocycles. The summed E-state index contributed by atoms with van der Waals surface area (Å²) in [6.45, 7) is 6.88. The van der Waals surface area contributed by atoms with Crippen molar-refractivity contribution in [3.05, 3.63) is 12.2 Å². The van der Waals surface area contributed by atoms with Crippen molar-refractivity contribution in [3.63, 3.8) is 0 Å². The first kappa shape index (κ1) is 15.9. The fourth-order valence-electron chi connectivity index (χ4n) is 7.13. The van der Waals surface area contributed by atoms with Crippen LogP contribution in [0.25, 0.3) is 0 Å². The number of unbranched alkanes of at least 4 members (excludes halogenated alkanes) is 1. The molecule has 4 aliphatic carbocycles. The van der Waals surface area contributed by atoms with Gasteiger partial charge in [0.2, 0.25) is 0 Å². The van der Waals surface area contributed by atoms with E-state index in [1.807, 2.05) is 0 Å². The molecule has 4 rings (SSSR count). The molecule has 0 heterocycles. The number of carbonyl (C=O) groups is 1. The highest BCUT2D eigenvalue weighted by atomic mass is 16.1. The number of rotatable bonds is 7. The van der Waals surface area contributed by atoms with Crippen molar-refractivity contribution in [3.8, 4) is 0 Å². The molecule has 3 fully saturated rings. The van der Waals surface area contributed by atoms with Crippen molar-refractivity contribution in [1.29, 1.82) is 0 Å². The van der Waals surface area contributed by atoms with E-state index in [2.05, 4.69) is 32.9 Å². The van der Waals surface area contributed by atoms with Crippen LogP contribution in [0.15, 0.2) is 12.2 Å². The number of Topliss-reactive ketones (excluding diaryl/α,β-unsaturated/α-hetero) is 1. The van der Waals surface area contributed by atoms with E-state index in [0.29, 0.717) is 17.6 Å². The average molecular weight is 315 g/mol. The van der Waals surface area contributed by atoms with Gasteiger partial charge < -0.3 is 0 Å². The molecule has 23 heavy (non-hydrogen) atoms. The Morgan fingerprint density at radius 3 is 2.61 bits per heavy atom. The van der Waals surface area contributed by atoms with E-state index in [1.54, 1.807) is 0 Å². The molecule has 8 atom stereocenters. The highest BCUT2D eigenvalue weighted by Crippen LogP contribution is 2.70. The second kappa shape index (κ2) is 5.74. The second-order valence-electron chi connectivity index (χ2n) is 9.37. The first-order valence-electron chi connectivity index (χ1n) is 10.3. The third-order valence-corrected chi connectivity index (χ3v) is 8.31. The van der Waals surface area contributed by atoms with E-state index >= 15 is 0 Å². The van der Waals surface area contributed by atoms with Gasteiger partial charge in [0.25, 0.3) is 0 Å². The van der Waals surface area contributed by atoms with Crippen molar-refractivity contribution in [2.24, 2.45) is 46.8 Å². The number of hydrogen-bond donors (Lipinski definition) is 0. The molecule has 0 saturated heterocycles. The van der Waals surface area contributed by atoms with Crippen molar-refractivity contribution in [2.45, 2.75) is 72.1 Å². The van der Waals surface area contributed by atoms with Gasteiger partial charge in [-0.15, -0.1) is 0 Å². The van der Waals surface area contributed by atoms with E-state index in [9.17, 15) is 4.79 Å². The molecular weight excluding hydrogens is 280 g/mol. The van der Waals surface area contributed by atoms with E-state index in [1.165, 1.54) is 44.9 Å². The molecule has 4 aliphatic rings. The largest absolute Gasteiger partial charge is 0.299 e. The molecule has 128 valence electrons. The maximum absolute atomic E-state index is 13.3. The summed E-state index contributed by atoms with van der Waals surface area (Å²) in [4.78, 5) is 13.3. The Kier molecular flexibility index (Phi) is 3.97. The predicted molar refractivity (Wildman–Crippen MR) is 95.0 cm³/mol. The van der Waals surface area contributed by atoms with Gasteiger partial charge in [-0.1, -0.05) is 58.6 Å². The molecule has 1 heteroatoms. The van der Waals surface area contributed by atoms with Crippen LogP contribution in [0.3, 0.4) is 0 Å². The summed E-state index contributed by atoms with van der Waals surface area (Å²) in [6, 6.07) is 0. The van der Waals surface area contributed by atoms with Gasteiger partial charge in [0.1, 0.15) is 5.78 Å². The van der Waals surface area contributed by atoms with E-state index < -0.39 is 0 Å². The van der Waals surface area contributed by atoms with Gasteiger partial charge in [-0.3, -0.25) is 4.79 Å². The van der Waals surface area contributed by atoms with Crippen LogP contribution in [0.4, 0.5) is 0 Å². The van der Waals surface area contributed by atoms with E-state index in [0.717, 1.165) is 36.0 Å². The van der Waals surface area contributed by atoms with Gasteiger partial charge in [0.05, 0.1) is 0 Å². The molecule has 0 aromatic carbocycles. The Morgan fingerprint density at radius 2 is 1.91 bits per heavy atom. The summed E-state index contributed by atoms with van der Waals surface area (Å²) in [5, 5.41) is 0. The fourth-order valence-corrected chi connectivity index (χ4v) is 7.13. The standard InChI is InChI=1S/C22H34O/c1-4-6-7-14(5-2)10-19(23)22(3)13-17-12-18(22)21-16-9-8-15(11-16)20(17)21/h8-9,14-18,20-21H,4-7,10-13H2,1-3H3. The van der Waals surface area contributed by atoms with Crippen LogP contribution >= 0.6 is 0 Å². The van der Waals surface area contributed by atoms with Crippen LogP contribution in [0, 0.1) is 46.8 Å². The zero-order valence-electron chi connectivity index (χ0n) is 15.3. The molecule has 0 amide bonds. The first-order valence-corrected chi connectivity index (χ1v) is 10.3. The van der Waals surface area contributed by atoms with Crippen LogP contribution in [0.1, 0.15) is 72.1 Å². The van der Waals surface area contributed by atoms with Crippen LogP contribution in [0.2, 0.25) is 0 Å². The highest BCUT2D eigenvalue weighted by Gasteiger charge is 2.66. The number of ketones is 1. The van der Waals surface area contributed by atoms with Gasteiger partial charge in [0.15, 0.2) is 0 Å². The third-order valence-electron chi connectivity index (χ3n) is 8.31. The fraction of sp³-hybridized carbons (Fsp3) is 0.864. The Labute approximate surface area is 142 Å². The number of allylic oxidation sites excluding steroid dienone is 2. The van der Waals surface area contributed by atoms with Crippen molar-refractivity contribution in [2.75, 3.05) is 0 Å². The van der Waals surface area contributed by atoms with Crippen molar-refractivity contribution < 1.29 is 4.79 Å². The van der Waals surface area contributed by atoms with Gasteiger partial charge in [-0.2, -0.15) is 0 Å². The van der Waals surface area contributed by atoms with E-state index in [4.69, 9.17) is 0 Å². The third kappa shape index (κ3) is 2.29. The predicted octanol–water partition coefficient (Wildman–Crippen LogP) is 5.65. The summed E-state index contributed by atoms with van der Waals surface area (Å²) in [5.74, 6) is 6.30. The molecule has 0 aromatic heterocycles. The quantitative estimate of drug-likeness (QED) is 0.438. The summed E-state index contributed by atoms with van der Waals surface area (Å²) in [6.07, 6.45) is 14.8. The van der Waals surface area contributed by atoms with Crippen molar-refractivity contribution >= 4 is 5.78 Å². The monoisotopic (exact) mass is 314 g/mol. The molecule has 0 spiro atoms. The normalized spacial score (nSPS) is 47.3. The smallest absolute Gasteiger partial charge is 0.139 e. The number of fused-ring (bicyclic) bond motifs is 9. The van der Waals surface area contributed by atoms with Crippen LogP contribution in [0.5, 0.6) is 0 Å². The number of hydrogen-bond acceptors (Lipinski definition) is 1. The van der Waals surface area contributed by atoms with Gasteiger partial charge in [0, 0.05) is 11.8 Å². The maximum atomic E-state index is 13.3. The van der Waals surface area contributed by atoms with Gasteiger partial charge in [-0.05, 0) is 60.7 Å². The summed E-state index contributed by atoms with van der Waals surface area (Å²) >= 11 is 0. The molecule has 1 nitrogen and oxygen atoms in total. The Bertz CT molecular complexity index is 506. The lowest BCUT2D eigenvalue weighted by molar-refractivity contribution is -0.134. The minimum absolute atomic E-state index is 0.0176. The summed E-state index contributed by atoms with van der Waals surface area (Å²) < 4.78 is 0. The highest BCUT2D eigenvalue weighted by molar-refractivity contribution is 5.85. The first-order chi connectivity index (χ1) is 11.1. The minimum Gasteiger partial charge on any atom is -0.299 e. The van der Waals surface area contributed by atoms with Gasteiger partial charge in [-0.25, -0.2) is 0 Å². The molecule has 8 unspecified atom stereocenters. The second-order valence-corrected chi connectivity index (χ2v) is 9.37. The lowest BCUT2D eigenvalue weighted by atomic mass is 9.60. The lowest BCUT2D eigenvalue weighted by Gasteiger charge is -2.43. The SMILES string of the molecule is CCCCC(CC)CC(=O)C1(C)CC2CC1C1C3C=CC(C3)C21. The zero-order valence-corrected chi connectivity index (χ0v) is 15.3. The lowest BCUT2D eigenvalue weighted by Crippen LogP contribution is -2.42. The van der Waals surface area contributed by atoms with Crippen LogP contribution in [-0.2, 0) is 4.79 Å². The average Bonchev–Trinajstić information content (AvgIpc) is 3.28. The molecular formula is C22H34O. The topological polar surface area (TPSA) is 17.1 Å². The molecule has 3 saturated carbocycles. The Hall–Kier alpha value is -0.590.